The molecule has 1 aliphatic rings. The fourth-order valence-electron chi connectivity index (χ4n) is 2.35. The summed E-state index contributed by atoms with van der Waals surface area (Å²) < 4.78 is 0. The minimum absolute atomic E-state index is 0.0499. The molecule has 1 aromatic heterocycles. The second-order valence-electron chi connectivity index (χ2n) is 5.45. The van der Waals surface area contributed by atoms with Crippen LogP contribution in [0.25, 0.3) is 0 Å². The van der Waals surface area contributed by atoms with E-state index in [1.54, 1.807) is 11.0 Å². The number of carbonyl (C=O) groups excluding carboxylic acids is 1. The molecular weight excluding hydrogens is 272 g/mol. The molecule has 0 spiro atoms. The Kier molecular flexibility index (Phi) is 4.37. The van der Waals surface area contributed by atoms with Gasteiger partial charge in [-0.2, -0.15) is 10.2 Å². The largest absolute Gasteiger partial charge is 0.409 e. The lowest BCUT2D eigenvalue weighted by atomic mass is 10.00. The number of nitrogens with two attached hydrogens (primary N) is 1. The van der Waals surface area contributed by atoms with Crippen LogP contribution in [0.15, 0.2) is 23.6 Å². The van der Waals surface area contributed by atoms with Gasteiger partial charge in [-0.15, -0.1) is 0 Å². The van der Waals surface area contributed by atoms with Gasteiger partial charge in [0.05, 0.1) is 23.5 Å². The molecule has 0 unspecified atom stereocenters. The first-order valence-corrected chi connectivity index (χ1v) is 6.76. The molecule has 2 heterocycles. The normalized spacial score (nSPS) is 17.8. The third-order valence-electron chi connectivity index (χ3n) is 3.92. The summed E-state index contributed by atoms with van der Waals surface area (Å²) in [5.74, 6) is 0.117. The molecule has 3 N–H and O–H groups in total. The number of carbonyl (C=O) groups is 1. The standard InChI is InChI=1S/C13H20N6O2/c1-13(2,12(14)17-21)19-7-5-18(6-8-19)11(20)10-3-4-15-16-9-10/h3-4,9,21H,5-8H2,1-2H3,(H2,14,17). The summed E-state index contributed by atoms with van der Waals surface area (Å²) in [6.07, 6.45) is 2.97. The maximum Gasteiger partial charge on any atom is 0.255 e. The van der Waals surface area contributed by atoms with Crippen molar-refractivity contribution in [3.8, 4) is 0 Å². The fraction of sp³-hybridized carbons (Fsp3) is 0.538. The Hall–Kier alpha value is -2.22. The Morgan fingerprint density at radius 3 is 2.52 bits per heavy atom. The molecule has 2 rings (SSSR count). The zero-order valence-corrected chi connectivity index (χ0v) is 12.2. The third-order valence-corrected chi connectivity index (χ3v) is 3.92. The number of amidine groups is 1. The van der Waals surface area contributed by atoms with Gasteiger partial charge >= 0.3 is 0 Å². The summed E-state index contributed by atoms with van der Waals surface area (Å²) in [5.41, 5.74) is 5.73. The van der Waals surface area contributed by atoms with Crippen molar-refractivity contribution in [2.24, 2.45) is 10.9 Å². The lowest BCUT2D eigenvalue weighted by Gasteiger charge is -2.43. The fourth-order valence-corrected chi connectivity index (χ4v) is 2.35. The summed E-state index contributed by atoms with van der Waals surface area (Å²) in [4.78, 5) is 16.2. The number of nitrogens with zero attached hydrogens (tertiary/aromatic N) is 5. The van der Waals surface area contributed by atoms with Gasteiger partial charge in [-0.05, 0) is 19.9 Å². The van der Waals surface area contributed by atoms with Gasteiger partial charge in [-0.25, -0.2) is 0 Å². The summed E-state index contributed by atoms with van der Waals surface area (Å²) in [5, 5.41) is 19.3. The Morgan fingerprint density at radius 1 is 1.33 bits per heavy atom. The van der Waals surface area contributed by atoms with Gasteiger partial charge in [-0.3, -0.25) is 9.69 Å². The van der Waals surface area contributed by atoms with E-state index in [1.165, 1.54) is 12.4 Å². The highest BCUT2D eigenvalue weighted by molar-refractivity contribution is 5.94. The molecule has 0 atom stereocenters. The topological polar surface area (TPSA) is 108 Å². The number of oxime groups is 1. The Balaban J connectivity index is 1.99. The van der Waals surface area contributed by atoms with Crippen molar-refractivity contribution in [3.05, 3.63) is 24.0 Å². The summed E-state index contributed by atoms with van der Waals surface area (Å²) >= 11 is 0. The van der Waals surface area contributed by atoms with Crippen LogP contribution in [-0.2, 0) is 0 Å². The second-order valence-corrected chi connectivity index (χ2v) is 5.45. The number of piperazine rings is 1. The molecule has 114 valence electrons. The van der Waals surface area contributed by atoms with Crippen molar-refractivity contribution in [2.45, 2.75) is 19.4 Å². The lowest BCUT2D eigenvalue weighted by Crippen LogP contribution is -2.60. The first-order valence-electron chi connectivity index (χ1n) is 6.76. The monoisotopic (exact) mass is 292 g/mol. The van der Waals surface area contributed by atoms with Crippen LogP contribution in [0.3, 0.4) is 0 Å². The van der Waals surface area contributed by atoms with E-state index in [2.05, 4.69) is 20.3 Å². The highest BCUT2D eigenvalue weighted by Gasteiger charge is 2.34. The average Bonchev–Trinajstić information content (AvgIpc) is 2.54. The van der Waals surface area contributed by atoms with Gasteiger partial charge in [0, 0.05) is 26.2 Å². The van der Waals surface area contributed by atoms with Crippen molar-refractivity contribution in [3.63, 3.8) is 0 Å². The van der Waals surface area contributed by atoms with Crippen LogP contribution in [0, 0.1) is 0 Å². The zero-order valence-electron chi connectivity index (χ0n) is 12.2. The predicted octanol–water partition coefficient (Wildman–Crippen LogP) is -0.241. The highest BCUT2D eigenvalue weighted by Crippen LogP contribution is 2.18. The summed E-state index contributed by atoms with van der Waals surface area (Å²) in [6.45, 7) is 6.28. The van der Waals surface area contributed by atoms with Crippen molar-refractivity contribution in [2.75, 3.05) is 26.2 Å². The molecule has 0 aromatic carbocycles. The van der Waals surface area contributed by atoms with E-state index < -0.39 is 5.54 Å². The van der Waals surface area contributed by atoms with E-state index in [1.807, 2.05) is 13.8 Å². The molecule has 1 aromatic rings. The van der Waals surface area contributed by atoms with E-state index in [9.17, 15) is 4.79 Å². The summed E-state index contributed by atoms with van der Waals surface area (Å²) in [6, 6.07) is 1.65. The number of hydrogen-bond donors (Lipinski definition) is 2. The van der Waals surface area contributed by atoms with Crippen LogP contribution in [0.5, 0.6) is 0 Å². The summed E-state index contributed by atoms with van der Waals surface area (Å²) in [7, 11) is 0. The number of rotatable bonds is 3. The van der Waals surface area contributed by atoms with Crippen molar-refractivity contribution < 1.29 is 10.0 Å². The van der Waals surface area contributed by atoms with E-state index in [0.29, 0.717) is 31.7 Å². The zero-order chi connectivity index (χ0) is 15.5. The SMILES string of the molecule is CC(C)(/C(N)=N/O)N1CCN(C(=O)c2ccnnc2)CC1. The third kappa shape index (κ3) is 3.10. The predicted molar refractivity (Wildman–Crippen MR) is 77.0 cm³/mol. The van der Waals surface area contributed by atoms with Gasteiger partial charge in [0.1, 0.15) is 0 Å². The molecule has 0 aliphatic carbocycles. The van der Waals surface area contributed by atoms with Crippen molar-refractivity contribution in [1.82, 2.24) is 20.0 Å². The van der Waals surface area contributed by atoms with Gasteiger partial charge in [0.15, 0.2) is 5.84 Å². The van der Waals surface area contributed by atoms with E-state index in [-0.39, 0.29) is 11.7 Å². The van der Waals surface area contributed by atoms with Crippen LogP contribution < -0.4 is 5.73 Å². The van der Waals surface area contributed by atoms with Crippen molar-refractivity contribution >= 4 is 11.7 Å². The quantitative estimate of drug-likeness (QED) is 0.344. The van der Waals surface area contributed by atoms with Crippen LogP contribution in [0.4, 0.5) is 0 Å². The van der Waals surface area contributed by atoms with Crippen LogP contribution >= 0.6 is 0 Å². The number of hydrogen-bond acceptors (Lipinski definition) is 6. The molecule has 1 aliphatic heterocycles. The first kappa shape index (κ1) is 15.2. The number of aromatic nitrogens is 2. The van der Waals surface area contributed by atoms with E-state index in [0.717, 1.165) is 0 Å². The minimum Gasteiger partial charge on any atom is -0.409 e. The Labute approximate surface area is 123 Å². The Morgan fingerprint density at radius 2 is 2.00 bits per heavy atom. The van der Waals surface area contributed by atoms with Gasteiger partial charge in [0.2, 0.25) is 0 Å². The molecule has 0 saturated carbocycles. The smallest absolute Gasteiger partial charge is 0.255 e. The molecule has 0 radical (unpaired) electrons. The maximum absolute atomic E-state index is 12.3. The van der Waals surface area contributed by atoms with Gasteiger partial charge < -0.3 is 15.8 Å². The van der Waals surface area contributed by atoms with Crippen LogP contribution in [0.1, 0.15) is 24.2 Å². The molecule has 1 saturated heterocycles. The highest BCUT2D eigenvalue weighted by atomic mass is 16.4. The first-order chi connectivity index (χ1) is 9.96. The Bertz CT molecular complexity index is 523. The van der Waals surface area contributed by atoms with Crippen LogP contribution in [0.2, 0.25) is 0 Å². The molecule has 1 amide bonds. The maximum atomic E-state index is 12.3. The minimum atomic E-state index is -0.540. The number of amides is 1. The molecule has 8 heteroatoms. The molecular formula is C13H20N6O2. The molecule has 1 fully saturated rings. The molecule has 0 bridgehead atoms. The average molecular weight is 292 g/mol. The van der Waals surface area contributed by atoms with E-state index in [4.69, 9.17) is 10.9 Å². The van der Waals surface area contributed by atoms with Crippen molar-refractivity contribution in [1.29, 1.82) is 0 Å². The lowest BCUT2D eigenvalue weighted by molar-refractivity contribution is 0.0531. The second kappa shape index (κ2) is 6.04. The van der Waals surface area contributed by atoms with Gasteiger partial charge in [0.25, 0.3) is 5.91 Å². The van der Waals surface area contributed by atoms with Crippen LogP contribution in [-0.4, -0.2) is 68.7 Å². The molecule has 21 heavy (non-hydrogen) atoms. The van der Waals surface area contributed by atoms with E-state index >= 15 is 0 Å². The van der Waals surface area contributed by atoms with Gasteiger partial charge in [-0.1, -0.05) is 5.16 Å². The molecule has 8 nitrogen and oxygen atoms in total.